The van der Waals surface area contributed by atoms with Crippen molar-refractivity contribution in [3.63, 3.8) is 0 Å². The Morgan fingerprint density at radius 2 is 1.74 bits per heavy atom. The molecule has 4 rings (SSSR count). The lowest BCUT2D eigenvalue weighted by Gasteiger charge is -2.25. The summed E-state index contributed by atoms with van der Waals surface area (Å²) in [4.78, 5) is 13.5. The minimum absolute atomic E-state index is 0. The van der Waals surface area contributed by atoms with Gasteiger partial charge in [0, 0.05) is 28.8 Å². The van der Waals surface area contributed by atoms with Gasteiger partial charge in [0.25, 0.3) is 5.91 Å². The van der Waals surface area contributed by atoms with E-state index >= 15 is 0 Å². The summed E-state index contributed by atoms with van der Waals surface area (Å²) < 4.78 is 18.0. The zero-order valence-corrected chi connectivity index (χ0v) is 21.8. The lowest BCUT2D eigenvalue weighted by Crippen LogP contribution is -2.29. The van der Waals surface area contributed by atoms with Crippen LogP contribution in [0.25, 0.3) is 5.69 Å². The zero-order chi connectivity index (χ0) is 24.2. The van der Waals surface area contributed by atoms with Gasteiger partial charge in [0.1, 0.15) is 0 Å². The maximum absolute atomic E-state index is 13.5. The van der Waals surface area contributed by atoms with Crippen molar-refractivity contribution in [1.82, 2.24) is 15.1 Å². The maximum atomic E-state index is 13.5. The Kier molecular flexibility index (Phi) is 8.88. The van der Waals surface area contributed by atoms with E-state index in [4.69, 9.17) is 25.8 Å². The molecule has 1 aromatic heterocycles. The number of nitrogens with one attached hydrogen (secondary N) is 2. The van der Waals surface area contributed by atoms with Crippen molar-refractivity contribution < 1.29 is 19.0 Å². The Morgan fingerprint density at radius 3 is 2.31 bits per heavy atom. The van der Waals surface area contributed by atoms with E-state index in [1.807, 2.05) is 29.8 Å². The SMILES string of the molecule is COc1cc(NC(=O)c2cnn(-c3ccc(C)c(Cl)c3)c2C2CCNCC2)cc(OC)c1OC.Cl. The van der Waals surface area contributed by atoms with Crippen LogP contribution >= 0.6 is 24.0 Å². The van der Waals surface area contributed by atoms with Crippen LogP contribution in [0.2, 0.25) is 5.02 Å². The highest BCUT2D eigenvalue weighted by molar-refractivity contribution is 6.31. The predicted octanol–water partition coefficient (Wildman–Crippen LogP) is 5.00. The first-order chi connectivity index (χ1) is 16.5. The first kappa shape index (κ1) is 26.7. The summed E-state index contributed by atoms with van der Waals surface area (Å²) in [6, 6.07) is 9.22. The number of benzene rings is 2. The quantitative estimate of drug-likeness (QED) is 0.455. The van der Waals surface area contributed by atoms with E-state index in [2.05, 4.69) is 15.7 Å². The summed E-state index contributed by atoms with van der Waals surface area (Å²) in [6.45, 7) is 3.73. The number of anilines is 1. The summed E-state index contributed by atoms with van der Waals surface area (Å²) in [5.41, 5.74) is 3.75. The number of carbonyl (C=O) groups excluding carboxylic acids is 1. The van der Waals surface area contributed by atoms with E-state index < -0.39 is 0 Å². The molecule has 1 saturated heterocycles. The molecular formula is C25H30Cl2N4O4. The van der Waals surface area contributed by atoms with Gasteiger partial charge in [-0.3, -0.25) is 4.79 Å². The number of nitrogens with zero attached hydrogens (tertiary/aromatic N) is 2. The first-order valence-electron chi connectivity index (χ1n) is 11.1. The van der Waals surface area contributed by atoms with Crippen LogP contribution in [0.15, 0.2) is 36.5 Å². The highest BCUT2D eigenvalue weighted by atomic mass is 35.5. The van der Waals surface area contributed by atoms with Crippen LogP contribution in [0.4, 0.5) is 5.69 Å². The fraction of sp³-hybridized carbons (Fsp3) is 0.360. The fourth-order valence-electron chi connectivity index (χ4n) is 4.29. The van der Waals surface area contributed by atoms with E-state index in [1.54, 1.807) is 18.3 Å². The number of halogens is 2. The number of hydrogen-bond acceptors (Lipinski definition) is 6. The molecule has 2 heterocycles. The van der Waals surface area contributed by atoms with Gasteiger partial charge in [0.2, 0.25) is 5.75 Å². The smallest absolute Gasteiger partial charge is 0.259 e. The third-order valence-electron chi connectivity index (χ3n) is 6.10. The number of amides is 1. The van der Waals surface area contributed by atoms with Gasteiger partial charge in [-0.15, -0.1) is 12.4 Å². The third-order valence-corrected chi connectivity index (χ3v) is 6.51. The molecule has 35 heavy (non-hydrogen) atoms. The van der Waals surface area contributed by atoms with E-state index in [0.717, 1.165) is 42.9 Å². The van der Waals surface area contributed by atoms with Gasteiger partial charge in [-0.1, -0.05) is 17.7 Å². The second-order valence-electron chi connectivity index (χ2n) is 8.18. The Bertz CT molecular complexity index is 1170. The van der Waals surface area contributed by atoms with Crippen molar-refractivity contribution >= 4 is 35.6 Å². The number of hydrogen-bond donors (Lipinski definition) is 2. The molecule has 1 fully saturated rings. The molecule has 2 N–H and O–H groups in total. The standard InChI is InChI=1S/C25H29ClN4O4.ClH/c1-15-5-6-18(13-20(15)26)30-23(16-7-9-27-10-8-16)19(14-28-30)25(31)29-17-11-21(32-2)24(34-4)22(12-17)33-3;/h5-6,11-14,16,27H,7-10H2,1-4H3,(H,29,31);1H. The Labute approximate surface area is 216 Å². The van der Waals surface area contributed by atoms with Crippen molar-refractivity contribution in [3.05, 3.63) is 58.4 Å². The molecule has 0 spiro atoms. The van der Waals surface area contributed by atoms with E-state index in [9.17, 15) is 4.79 Å². The molecule has 2 aromatic carbocycles. The molecule has 188 valence electrons. The molecule has 0 unspecified atom stereocenters. The lowest BCUT2D eigenvalue weighted by molar-refractivity contribution is 0.102. The summed E-state index contributed by atoms with van der Waals surface area (Å²) in [6.07, 6.45) is 3.45. The topological polar surface area (TPSA) is 86.6 Å². The molecule has 0 atom stereocenters. The predicted molar refractivity (Wildman–Crippen MR) is 139 cm³/mol. The van der Waals surface area contributed by atoms with Gasteiger partial charge >= 0.3 is 0 Å². The monoisotopic (exact) mass is 520 g/mol. The van der Waals surface area contributed by atoms with Crippen molar-refractivity contribution in [1.29, 1.82) is 0 Å². The zero-order valence-electron chi connectivity index (χ0n) is 20.2. The number of ether oxygens (including phenoxy) is 3. The minimum atomic E-state index is -0.257. The highest BCUT2D eigenvalue weighted by Crippen LogP contribution is 2.40. The van der Waals surface area contributed by atoms with Crippen LogP contribution in [-0.2, 0) is 0 Å². The summed E-state index contributed by atoms with van der Waals surface area (Å²) >= 11 is 6.40. The normalized spacial score (nSPS) is 13.6. The van der Waals surface area contributed by atoms with Gasteiger partial charge in [-0.25, -0.2) is 4.68 Å². The Morgan fingerprint density at radius 1 is 1.09 bits per heavy atom. The molecule has 1 amide bonds. The average Bonchev–Trinajstić information content (AvgIpc) is 3.31. The highest BCUT2D eigenvalue weighted by Gasteiger charge is 2.27. The molecule has 0 aliphatic carbocycles. The lowest BCUT2D eigenvalue weighted by atomic mass is 9.91. The molecule has 0 bridgehead atoms. The van der Waals surface area contributed by atoms with Crippen LogP contribution in [0.3, 0.4) is 0 Å². The van der Waals surface area contributed by atoms with Crippen LogP contribution in [0.5, 0.6) is 17.2 Å². The first-order valence-corrected chi connectivity index (χ1v) is 11.5. The maximum Gasteiger partial charge on any atom is 0.259 e. The van der Waals surface area contributed by atoms with Gasteiger partial charge in [0.05, 0.1) is 44.5 Å². The van der Waals surface area contributed by atoms with Crippen molar-refractivity contribution in [2.24, 2.45) is 0 Å². The van der Waals surface area contributed by atoms with Crippen LogP contribution < -0.4 is 24.8 Å². The van der Waals surface area contributed by atoms with Gasteiger partial charge in [-0.05, 0) is 50.6 Å². The van der Waals surface area contributed by atoms with Gasteiger partial charge in [-0.2, -0.15) is 5.10 Å². The molecule has 0 radical (unpaired) electrons. The van der Waals surface area contributed by atoms with Crippen LogP contribution in [0.1, 0.15) is 40.4 Å². The molecule has 3 aromatic rings. The van der Waals surface area contributed by atoms with E-state index in [1.165, 1.54) is 21.3 Å². The number of piperidine rings is 1. The van der Waals surface area contributed by atoms with Crippen molar-refractivity contribution in [2.75, 3.05) is 39.7 Å². The number of aryl methyl sites for hydroxylation is 1. The minimum Gasteiger partial charge on any atom is -0.493 e. The fourth-order valence-corrected chi connectivity index (χ4v) is 4.47. The van der Waals surface area contributed by atoms with Crippen molar-refractivity contribution in [3.8, 4) is 22.9 Å². The van der Waals surface area contributed by atoms with Crippen molar-refractivity contribution in [2.45, 2.75) is 25.7 Å². The number of rotatable bonds is 7. The summed E-state index contributed by atoms with van der Waals surface area (Å²) in [5.74, 6) is 1.31. The van der Waals surface area contributed by atoms with Gasteiger partial charge in [0.15, 0.2) is 11.5 Å². The second kappa shape index (κ2) is 11.7. The molecule has 8 nitrogen and oxygen atoms in total. The van der Waals surface area contributed by atoms with E-state index in [-0.39, 0.29) is 24.2 Å². The Hall–Kier alpha value is -2.94. The van der Waals surface area contributed by atoms with Crippen LogP contribution in [0, 0.1) is 6.92 Å². The molecule has 10 heteroatoms. The molecule has 1 aliphatic rings. The average molecular weight is 521 g/mol. The number of methoxy groups -OCH3 is 3. The second-order valence-corrected chi connectivity index (χ2v) is 8.59. The number of carbonyl (C=O) groups is 1. The third kappa shape index (κ3) is 5.50. The summed E-state index contributed by atoms with van der Waals surface area (Å²) in [7, 11) is 4.61. The molecule has 0 saturated carbocycles. The largest absolute Gasteiger partial charge is 0.493 e. The van der Waals surface area contributed by atoms with Crippen LogP contribution in [-0.4, -0.2) is 50.1 Å². The molecular weight excluding hydrogens is 491 g/mol. The van der Waals surface area contributed by atoms with E-state index in [0.29, 0.717) is 33.5 Å². The number of aromatic nitrogens is 2. The molecule has 1 aliphatic heterocycles. The Balaban J connectivity index is 0.00000342. The summed E-state index contributed by atoms with van der Waals surface area (Å²) in [5, 5.41) is 11.6. The van der Waals surface area contributed by atoms with Gasteiger partial charge < -0.3 is 24.8 Å².